The number of ether oxygens (including phenoxy) is 1. The molecule has 1 fully saturated rings. The third kappa shape index (κ3) is 2.64. The number of morpholine rings is 1. The van der Waals surface area contributed by atoms with Gasteiger partial charge in [-0.15, -0.1) is 11.3 Å². The summed E-state index contributed by atoms with van der Waals surface area (Å²) in [7, 11) is 0. The maximum Gasteiger partial charge on any atom is 0.335 e. The minimum Gasteiger partial charge on any atom is -0.479 e. The monoisotopic (exact) mass is 283 g/mol. The first kappa shape index (κ1) is 14.0. The maximum atomic E-state index is 12.0. The van der Waals surface area contributed by atoms with Gasteiger partial charge >= 0.3 is 5.97 Å². The van der Waals surface area contributed by atoms with Crippen molar-refractivity contribution >= 4 is 23.2 Å². The Kier molecular flexibility index (Phi) is 3.91. The van der Waals surface area contributed by atoms with Crippen molar-refractivity contribution in [2.45, 2.75) is 39.0 Å². The van der Waals surface area contributed by atoms with E-state index in [9.17, 15) is 14.7 Å². The second kappa shape index (κ2) is 5.30. The average molecular weight is 283 g/mol. The van der Waals surface area contributed by atoms with E-state index < -0.39 is 18.1 Å². The van der Waals surface area contributed by atoms with E-state index >= 15 is 0 Å². The molecule has 6 heteroatoms. The molecule has 0 spiro atoms. The Balaban J connectivity index is 2.43. The van der Waals surface area contributed by atoms with E-state index in [1.165, 1.54) is 11.3 Å². The lowest BCUT2D eigenvalue weighted by molar-refractivity contribution is -0.175. The van der Waals surface area contributed by atoms with Gasteiger partial charge in [0.25, 0.3) is 0 Å². The van der Waals surface area contributed by atoms with Crippen molar-refractivity contribution in [1.29, 1.82) is 0 Å². The molecule has 104 valence electrons. The summed E-state index contributed by atoms with van der Waals surface area (Å²) < 4.78 is 5.22. The number of aliphatic carboxylic acids is 1. The third-order valence-corrected chi connectivity index (χ3v) is 4.18. The van der Waals surface area contributed by atoms with Gasteiger partial charge in [0.2, 0.25) is 5.91 Å². The molecule has 1 aliphatic rings. The molecule has 5 nitrogen and oxygen atoms in total. The van der Waals surface area contributed by atoms with Gasteiger partial charge in [0.1, 0.15) is 12.6 Å². The van der Waals surface area contributed by atoms with Crippen LogP contribution in [0, 0.1) is 6.92 Å². The molecule has 1 aliphatic heterocycles. The lowest BCUT2D eigenvalue weighted by Crippen LogP contribution is -2.54. The Morgan fingerprint density at radius 1 is 1.53 bits per heavy atom. The highest BCUT2D eigenvalue weighted by atomic mass is 32.1. The SMILES string of the molecule is Cc1ccc(C2C(C(=O)O)OCC(=O)N2C(C)C)s1. The van der Waals surface area contributed by atoms with Crippen molar-refractivity contribution in [3.8, 4) is 0 Å². The molecule has 1 N–H and O–H groups in total. The topological polar surface area (TPSA) is 66.8 Å². The van der Waals surface area contributed by atoms with Crippen LogP contribution in [0.2, 0.25) is 0 Å². The van der Waals surface area contributed by atoms with Crippen molar-refractivity contribution in [3.63, 3.8) is 0 Å². The number of carbonyl (C=O) groups excluding carboxylic acids is 1. The van der Waals surface area contributed by atoms with Crippen LogP contribution in [0.15, 0.2) is 12.1 Å². The summed E-state index contributed by atoms with van der Waals surface area (Å²) in [6.07, 6.45) is -1.00. The van der Waals surface area contributed by atoms with Gasteiger partial charge in [0, 0.05) is 15.8 Å². The van der Waals surface area contributed by atoms with Crippen LogP contribution in [-0.2, 0) is 14.3 Å². The molecule has 1 amide bonds. The lowest BCUT2D eigenvalue weighted by Gasteiger charge is -2.41. The minimum absolute atomic E-state index is 0.0642. The van der Waals surface area contributed by atoms with Crippen LogP contribution in [0.5, 0.6) is 0 Å². The Labute approximate surface area is 115 Å². The van der Waals surface area contributed by atoms with E-state index in [1.54, 1.807) is 4.90 Å². The van der Waals surface area contributed by atoms with Gasteiger partial charge in [-0.25, -0.2) is 4.79 Å². The van der Waals surface area contributed by atoms with Crippen LogP contribution in [0.1, 0.15) is 29.6 Å². The van der Waals surface area contributed by atoms with Crippen molar-refractivity contribution in [3.05, 3.63) is 21.9 Å². The van der Waals surface area contributed by atoms with Crippen molar-refractivity contribution in [2.75, 3.05) is 6.61 Å². The quantitative estimate of drug-likeness (QED) is 0.919. The van der Waals surface area contributed by atoms with Crippen LogP contribution < -0.4 is 0 Å². The second-order valence-electron chi connectivity index (χ2n) is 4.86. The number of carboxylic acid groups (broad SMARTS) is 1. The van der Waals surface area contributed by atoms with Gasteiger partial charge in [-0.3, -0.25) is 4.79 Å². The maximum absolute atomic E-state index is 12.0. The highest BCUT2D eigenvalue weighted by Crippen LogP contribution is 2.35. The van der Waals surface area contributed by atoms with Crippen LogP contribution in [-0.4, -0.2) is 40.6 Å². The summed E-state index contributed by atoms with van der Waals surface area (Å²) in [5.74, 6) is -1.20. The van der Waals surface area contributed by atoms with Crippen LogP contribution in [0.3, 0.4) is 0 Å². The van der Waals surface area contributed by atoms with Gasteiger partial charge in [-0.05, 0) is 32.9 Å². The molecule has 19 heavy (non-hydrogen) atoms. The Hall–Kier alpha value is -1.40. The minimum atomic E-state index is -1.03. The Morgan fingerprint density at radius 3 is 2.68 bits per heavy atom. The number of thiophene rings is 1. The first-order valence-electron chi connectivity index (χ1n) is 6.13. The van der Waals surface area contributed by atoms with Gasteiger partial charge in [0.15, 0.2) is 6.10 Å². The van der Waals surface area contributed by atoms with Gasteiger partial charge in [-0.1, -0.05) is 0 Å². The number of aryl methyl sites for hydroxylation is 1. The molecule has 0 bridgehead atoms. The van der Waals surface area contributed by atoms with E-state index in [4.69, 9.17) is 4.74 Å². The molecule has 2 heterocycles. The first-order valence-corrected chi connectivity index (χ1v) is 6.95. The summed E-state index contributed by atoms with van der Waals surface area (Å²) in [5.41, 5.74) is 0. The highest BCUT2D eigenvalue weighted by molar-refractivity contribution is 7.12. The summed E-state index contributed by atoms with van der Waals surface area (Å²) in [4.78, 5) is 26.9. The largest absolute Gasteiger partial charge is 0.479 e. The van der Waals surface area contributed by atoms with E-state index in [-0.39, 0.29) is 18.6 Å². The van der Waals surface area contributed by atoms with E-state index in [2.05, 4.69) is 0 Å². The molecule has 1 aromatic heterocycles. The van der Waals surface area contributed by atoms with Gasteiger partial charge < -0.3 is 14.7 Å². The molecule has 2 unspecified atom stereocenters. The molecule has 0 saturated carbocycles. The third-order valence-electron chi connectivity index (χ3n) is 3.11. The molecule has 0 radical (unpaired) electrons. The zero-order valence-corrected chi connectivity index (χ0v) is 11.9. The predicted octanol–water partition coefficient (Wildman–Crippen LogP) is 1.82. The number of hydrogen-bond donors (Lipinski definition) is 1. The van der Waals surface area contributed by atoms with Crippen LogP contribution >= 0.6 is 11.3 Å². The number of rotatable bonds is 3. The summed E-state index contributed by atoms with van der Waals surface area (Å²) >= 11 is 1.50. The fourth-order valence-corrected chi connectivity index (χ4v) is 3.34. The number of carboxylic acids is 1. The zero-order chi connectivity index (χ0) is 14.2. The highest BCUT2D eigenvalue weighted by Gasteiger charge is 2.43. The van der Waals surface area contributed by atoms with Crippen molar-refractivity contribution < 1.29 is 19.4 Å². The molecule has 0 aromatic carbocycles. The number of hydrogen-bond acceptors (Lipinski definition) is 4. The molecule has 0 aliphatic carbocycles. The number of nitrogens with zero attached hydrogens (tertiary/aromatic N) is 1. The van der Waals surface area contributed by atoms with E-state index in [1.807, 2.05) is 32.9 Å². The summed E-state index contributed by atoms with van der Waals surface area (Å²) in [6, 6.07) is 3.19. The van der Waals surface area contributed by atoms with Crippen LogP contribution in [0.25, 0.3) is 0 Å². The molecule has 1 aromatic rings. The lowest BCUT2D eigenvalue weighted by atomic mass is 10.0. The zero-order valence-electron chi connectivity index (χ0n) is 11.1. The van der Waals surface area contributed by atoms with E-state index in [0.717, 1.165) is 9.75 Å². The standard InChI is InChI=1S/C13H17NO4S/c1-7(2)14-10(15)6-18-12(13(16)17)11(14)9-5-4-8(3)19-9/h4-5,7,11-12H,6H2,1-3H3,(H,16,17). The number of amides is 1. The van der Waals surface area contributed by atoms with Gasteiger partial charge in [-0.2, -0.15) is 0 Å². The Morgan fingerprint density at radius 2 is 2.21 bits per heavy atom. The normalized spacial score (nSPS) is 24.0. The second-order valence-corrected chi connectivity index (χ2v) is 6.18. The number of carbonyl (C=O) groups is 2. The molecule has 2 atom stereocenters. The molecular formula is C13H17NO4S. The molecular weight excluding hydrogens is 266 g/mol. The molecule has 1 saturated heterocycles. The summed E-state index contributed by atoms with van der Waals surface area (Å²) in [5, 5.41) is 9.30. The van der Waals surface area contributed by atoms with Crippen molar-refractivity contribution in [1.82, 2.24) is 4.90 Å². The Bertz CT molecular complexity index is 497. The fourth-order valence-electron chi connectivity index (χ4n) is 2.34. The van der Waals surface area contributed by atoms with E-state index in [0.29, 0.717) is 0 Å². The van der Waals surface area contributed by atoms with Crippen molar-refractivity contribution in [2.24, 2.45) is 0 Å². The predicted molar refractivity (Wildman–Crippen MR) is 71.2 cm³/mol. The van der Waals surface area contributed by atoms with Gasteiger partial charge in [0.05, 0.1) is 0 Å². The fraction of sp³-hybridized carbons (Fsp3) is 0.538. The average Bonchev–Trinajstić information content (AvgIpc) is 2.74. The molecule has 2 rings (SSSR count). The smallest absolute Gasteiger partial charge is 0.335 e. The first-order chi connectivity index (χ1) is 8.91. The van der Waals surface area contributed by atoms with Crippen LogP contribution in [0.4, 0.5) is 0 Å². The summed E-state index contributed by atoms with van der Waals surface area (Å²) in [6.45, 7) is 5.55.